The summed E-state index contributed by atoms with van der Waals surface area (Å²) in [6.45, 7) is 10.7. The van der Waals surface area contributed by atoms with Crippen molar-refractivity contribution in [1.82, 2.24) is 20.5 Å². The van der Waals surface area contributed by atoms with E-state index < -0.39 is 0 Å². The van der Waals surface area contributed by atoms with Gasteiger partial charge in [-0.25, -0.2) is 4.98 Å². The molecule has 0 unspecified atom stereocenters. The lowest BCUT2D eigenvalue weighted by Gasteiger charge is -2.29. The highest BCUT2D eigenvalue weighted by Crippen LogP contribution is 2.15. The minimum atomic E-state index is 0.537. The highest BCUT2D eigenvalue weighted by atomic mass is 35.5. The van der Waals surface area contributed by atoms with Crippen LogP contribution in [0.4, 0.5) is 0 Å². The summed E-state index contributed by atoms with van der Waals surface area (Å²) in [7, 11) is 0. The Bertz CT molecular complexity index is 509. The van der Waals surface area contributed by atoms with Crippen molar-refractivity contribution in [2.75, 3.05) is 39.3 Å². The fraction of sp³-hybridized carbons (Fsp3) is 0.684. The van der Waals surface area contributed by atoms with Crippen LogP contribution < -0.4 is 10.6 Å². The van der Waals surface area contributed by atoms with Gasteiger partial charge in [0.2, 0.25) is 0 Å². The number of aromatic nitrogens is 1. The van der Waals surface area contributed by atoms with Crippen LogP contribution in [0.2, 0.25) is 5.15 Å². The zero-order valence-electron chi connectivity index (χ0n) is 15.6. The minimum absolute atomic E-state index is 0.537. The first-order valence-electron chi connectivity index (χ1n) is 9.52. The predicted octanol–water partition coefficient (Wildman–Crippen LogP) is 2.95. The number of piperidine rings is 1. The van der Waals surface area contributed by atoms with E-state index >= 15 is 0 Å². The normalized spacial score (nSPS) is 16.8. The molecule has 0 radical (unpaired) electrons. The van der Waals surface area contributed by atoms with Crippen molar-refractivity contribution in [2.24, 2.45) is 10.9 Å². The number of nitrogens with one attached hydrogen (secondary N) is 2. The standard InChI is InChI=1S/C19H32ClN5/c1-3-21-19(23-11-7-17-5-6-18(20)24-15-17)22-10-4-12-25-13-8-16(2)9-14-25/h5-6,15-16H,3-4,7-14H2,1-2H3,(H2,21,22,23). The molecule has 2 heterocycles. The third-order valence-corrected chi connectivity index (χ3v) is 4.84. The first-order valence-corrected chi connectivity index (χ1v) is 9.90. The molecule has 0 bridgehead atoms. The number of aliphatic imine (C=N–C) groups is 1. The Kier molecular flexibility index (Phi) is 9.05. The summed E-state index contributed by atoms with van der Waals surface area (Å²) in [5.74, 6) is 1.80. The van der Waals surface area contributed by atoms with Crippen LogP contribution in [0.25, 0.3) is 0 Å². The molecule has 1 fully saturated rings. The summed E-state index contributed by atoms with van der Waals surface area (Å²) in [5, 5.41) is 7.24. The van der Waals surface area contributed by atoms with Gasteiger partial charge in [-0.3, -0.25) is 4.99 Å². The number of nitrogens with zero attached hydrogens (tertiary/aromatic N) is 3. The van der Waals surface area contributed by atoms with E-state index in [2.05, 4.69) is 39.4 Å². The van der Waals surface area contributed by atoms with E-state index in [1.807, 2.05) is 18.3 Å². The highest BCUT2D eigenvalue weighted by Gasteiger charge is 2.14. The van der Waals surface area contributed by atoms with Crippen molar-refractivity contribution in [1.29, 1.82) is 0 Å². The van der Waals surface area contributed by atoms with Crippen LogP contribution >= 0.6 is 11.6 Å². The molecule has 1 saturated heterocycles. The lowest BCUT2D eigenvalue weighted by molar-refractivity contribution is 0.192. The number of hydrogen-bond donors (Lipinski definition) is 2. The number of likely N-dealkylation sites (tertiary alicyclic amines) is 1. The van der Waals surface area contributed by atoms with Crippen LogP contribution in [-0.2, 0) is 6.42 Å². The van der Waals surface area contributed by atoms with E-state index in [4.69, 9.17) is 11.6 Å². The maximum atomic E-state index is 5.81. The van der Waals surface area contributed by atoms with Crippen molar-refractivity contribution in [3.8, 4) is 0 Å². The molecule has 0 spiro atoms. The van der Waals surface area contributed by atoms with Crippen LogP contribution in [0, 0.1) is 5.92 Å². The number of halogens is 1. The molecule has 0 amide bonds. The number of guanidine groups is 1. The molecule has 2 N–H and O–H groups in total. The molecule has 1 aliphatic heterocycles. The zero-order chi connectivity index (χ0) is 17.9. The van der Waals surface area contributed by atoms with Gasteiger partial charge in [0.25, 0.3) is 0 Å². The Labute approximate surface area is 157 Å². The molecule has 140 valence electrons. The van der Waals surface area contributed by atoms with E-state index in [9.17, 15) is 0 Å². The second kappa shape index (κ2) is 11.3. The van der Waals surface area contributed by atoms with Gasteiger partial charge in [-0.15, -0.1) is 0 Å². The van der Waals surface area contributed by atoms with E-state index in [0.29, 0.717) is 5.15 Å². The van der Waals surface area contributed by atoms with Gasteiger partial charge in [-0.2, -0.15) is 0 Å². The third kappa shape index (κ3) is 8.06. The van der Waals surface area contributed by atoms with Gasteiger partial charge in [-0.1, -0.05) is 24.6 Å². The summed E-state index contributed by atoms with van der Waals surface area (Å²) in [6, 6.07) is 3.85. The van der Waals surface area contributed by atoms with Crippen LogP contribution in [0.1, 0.15) is 38.7 Å². The fourth-order valence-electron chi connectivity index (χ4n) is 2.99. The lowest BCUT2D eigenvalue weighted by Crippen LogP contribution is -2.38. The number of hydrogen-bond acceptors (Lipinski definition) is 3. The molecule has 0 atom stereocenters. The largest absolute Gasteiger partial charge is 0.357 e. The van der Waals surface area contributed by atoms with Gasteiger partial charge in [0.15, 0.2) is 5.96 Å². The Morgan fingerprint density at radius 3 is 2.80 bits per heavy atom. The van der Waals surface area contributed by atoms with Crippen molar-refractivity contribution in [3.05, 3.63) is 29.0 Å². The Morgan fingerprint density at radius 1 is 1.32 bits per heavy atom. The summed E-state index contributed by atoms with van der Waals surface area (Å²) >= 11 is 5.81. The topological polar surface area (TPSA) is 52.6 Å². The predicted molar refractivity (Wildman–Crippen MR) is 106 cm³/mol. The van der Waals surface area contributed by atoms with Crippen molar-refractivity contribution in [3.63, 3.8) is 0 Å². The van der Waals surface area contributed by atoms with E-state index in [0.717, 1.165) is 50.9 Å². The average Bonchev–Trinajstić information content (AvgIpc) is 2.62. The number of rotatable bonds is 8. The fourth-order valence-corrected chi connectivity index (χ4v) is 3.10. The molecule has 2 rings (SSSR count). The van der Waals surface area contributed by atoms with E-state index in [1.54, 1.807) is 0 Å². The quantitative estimate of drug-likeness (QED) is 0.322. The summed E-state index contributed by atoms with van der Waals surface area (Å²) in [6.07, 6.45) is 6.53. The molecule has 5 nitrogen and oxygen atoms in total. The summed E-state index contributed by atoms with van der Waals surface area (Å²) in [4.78, 5) is 11.4. The van der Waals surface area contributed by atoms with E-state index in [1.165, 1.54) is 31.5 Å². The molecule has 1 aromatic rings. The third-order valence-electron chi connectivity index (χ3n) is 4.62. The maximum Gasteiger partial charge on any atom is 0.191 e. The first-order chi connectivity index (χ1) is 12.2. The molecular formula is C19H32ClN5. The van der Waals surface area contributed by atoms with Crippen molar-refractivity contribution >= 4 is 17.6 Å². The molecule has 1 aliphatic rings. The average molecular weight is 366 g/mol. The Morgan fingerprint density at radius 2 is 2.12 bits per heavy atom. The van der Waals surface area contributed by atoms with E-state index in [-0.39, 0.29) is 0 Å². The number of pyridine rings is 1. The van der Waals surface area contributed by atoms with Gasteiger partial charge in [0.05, 0.1) is 0 Å². The summed E-state index contributed by atoms with van der Waals surface area (Å²) in [5.41, 5.74) is 1.17. The maximum absolute atomic E-state index is 5.81. The Balaban J connectivity index is 1.66. The van der Waals surface area contributed by atoms with Gasteiger partial charge >= 0.3 is 0 Å². The second-order valence-corrected chi connectivity index (χ2v) is 7.19. The second-order valence-electron chi connectivity index (χ2n) is 6.80. The minimum Gasteiger partial charge on any atom is -0.357 e. The molecule has 25 heavy (non-hydrogen) atoms. The molecular weight excluding hydrogens is 334 g/mol. The van der Waals surface area contributed by atoms with Crippen LogP contribution in [-0.4, -0.2) is 55.1 Å². The first kappa shape index (κ1) is 20.0. The monoisotopic (exact) mass is 365 g/mol. The van der Waals surface area contributed by atoms with Gasteiger partial charge in [-0.05, 0) is 69.8 Å². The van der Waals surface area contributed by atoms with Crippen molar-refractivity contribution in [2.45, 2.75) is 39.5 Å². The molecule has 6 heteroatoms. The highest BCUT2D eigenvalue weighted by molar-refractivity contribution is 6.29. The van der Waals surface area contributed by atoms with Crippen molar-refractivity contribution < 1.29 is 0 Å². The van der Waals surface area contributed by atoms with Gasteiger partial charge < -0.3 is 15.5 Å². The van der Waals surface area contributed by atoms with Crippen LogP contribution in [0.3, 0.4) is 0 Å². The Hall–Kier alpha value is -1.33. The summed E-state index contributed by atoms with van der Waals surface area (Å²) < 4.78 is 0. The van der Waals surface area contributed by atoms with Gasteiger partial charge in [0.1, 0.15) is 5.15 Å². The van der Waals surface area contributed by atoms with Crippen LogP contribution in [0.15, 0.2) is 23.3 Å². The molecule has 0 aliphatic carbocycles. The SMILES string of the molecule is CCNC(=NCCCN1CCC(C)CC1)NCCc1ccc(Cl)nc1. The smallest absolute Gasteiger partial charge is 0.191 e. The molecule has 1 aromatic heterocycles. The lowest BCUT2D eigenvalue weighted by atomic mass is 9.99. The van der Waals surface area contributed by atoms with Crippen LogP contribution in [0.5, 0.6) is 0 Å². The molecule has 0 aromatic carbocycles. The zero-order valence-corrected chi connectivity index (χ0v) is 16.4. The van der Waals surface area contributed by atoms with Gasteiger partial charge in [0, 0.05) is 25.8 Å². The molecule has 0 saturated carbocycles.